The maximum atomic E-state index is 12.2. The molecule has 1 fully saturated rings. The van der Waals surface area contributed by atoms with Crippen LogP contribution >= 0.6 is 35.8 Å². The molecule has 23 heavy (non-hydrogen) atoms. The summed E-state index contributed by atoms with van der Waals surface area (Å²) in [6.07, 6.45) is 0.446. The average Bonchev–Trinajstić information content (AvgIpc) is 2.47. The lowest BCUT2D eigenvalue weighted by Gasteiger charge is -2.24. The van der Waals surface area contributed by atoms with Crippen LogP contribution in [0.1, 0.15) is 24.4 Å². The molecule has 1 aliphatic heterocycles. The first kappa shape index (κ1) is 20.1. The molecule has 0 aliphatic carbocycles. The first-order valence-electron chi connectivity index (χ1n) is 7.19. The summed E-state index contributed by atoms with van der Waals surface area (Å²) >= 11 is 7.81. The van der Waals surface area contributed by atoms with Crippen molar-refractivity contribution < 1.29 is 9.59 Å². The SMILES string of the molecule is Cl.NC(=O)C[C@@H](NC(=O)CC1CSCCN1)c1cccc(Cl)c1. The number of halogens is 2. The summed E-state index contributed by atoms with van der Waals surface area (Å²) in [5, 5.41) is 6.77. The van der Waals surface area contributed by atoms with Crippen LogP contribution in [-0.2, 0) is 9.59 Å². The Balaban J connectivity index is 0.00000264. The Kier molecular flexibility index (Phi) is 8.76. The molecule has 1 aliphatic rings. The van der Waals surface area contributed by atoms with E-state index in [1.54, 1.807) is 18.2 Å². The molecule has 2 amide bonds. The van der Waals surface area contributed by atoms with E-state index in [-0.39, 0.29) is 30.8 Å². The molecule has 0 radical (unpaired) electrons. The first-order chi connectivity index (χ1) is 10.5. The number of rotatable bonds is 6. The van der Waals surface area contributed by atoms with E-state index >= 15 is 0 Å². The van der Waals surface area contributed by atoms with Crippen molar-refractivity contribution >= 4 is 47.6 Å². The lowest BCUT2D eigenvalue weighted by atomic mass is 10.0. The first-order valence-corrected chi connectivity index (χ1v) is 8.72. The van der Waals surface area contributed by atoms with Crippen LogP contribution in [0.3, 0.4) is 0 Å². The third kappa shape index (κ3) is 6.99. The highest BCUT2D eigenvalue weighted by molar-refractivity contribution is 7.99. The van der Waals surface area contributed by atoms with E-state index in [0.717, 1.165) is 23.6 Å². The maximum Gasteiger partial charge on any atom is 0.222 e. The number of benzene rings is 1. The van der Waals surface area contributed by atoms with Gasteiger partial charge in [0.25, 0.3) is 0 Å². The zero-order valence-corrected chi connectivity index (χ0v) is 15.0. The summed E-state index contributed by atoms with van der Waals surface area (Å²) in [5.74, 6) is 1.44. The van der Waals surface area contributed by atoms with Crippen LogP contribution in [0.15, 0.2) is 24.3 Å². The summed E-state index contributed by atoms with van der Waals surface area (Å²) in [6.45, 7) is 0.918. The van der Waals surface area contributed by atoms with Crippen molar-refractivity contribution in [2.75, 3.05) is 18.1 Å². The van der Waals surface area contributed by atoms with Crippen molar-refractivity contribution in [2.45, 2.75) is 24.9 Å². The molecule has 0 aromatic heterocycles. The number of nitrogens with one attached hydrogen (secondary N) is 2. The molecule has 1 aromatic carbocycles. The normalized spacial score (nSPS) is 18.6. The van der Waals surface area contributed by atoms with E-state index < -0.39 is 11.9 Å². The lowest BCUT2D eigenvalue weighted by Crippen LogP contribution is -2.42. The van der Waals surface area contributed by atoms with Crippen LogP contribution in [0.2, 0.25) is 5.02 Å². The van der Waals surface area contributed by atoms with E-state index in [2.05, 4.69) is 10.6 Å². The van der Waals surface area contributed by atoms with Crippen LogP contribution < -0.4 is 16.4 Å². The van der Waals surface area contributed by atoms with Crippen molar-refractivity contribution in [2.24, 2.45) is 5.73 Å². The summed E-state index contributed by atoms with van der Waals surface area (Å²) in [6, 6.07) is 6.83. The van der Waals surface area contributed by atoms with Crippen molar-refractivity contribution in [1.82, 2.24) is 10.6 Å². The Morgan fingerprint density at radius 1 is 1.48 bits per heavy atom. The van der Waals surface area contributed by atoms with E-state index in [1.165, 1.54) is 0 Å². The standard InChI is InChI=1S/C15H20ClN3O2S.ClH/c16-11-3-1-2-10(6-11)13(8-14(17)20)19-15(21)7-12-9-22-5-4-18-12;/h1-3,6,12-13,18H,4-5,7-9H2,(H2,17,20)(H,19,21);1H/t12?,13-;/m1./s1. The fourth-order valence-electron chi connectivity index (χ4n) is 2.40. The Hall–Kier alpha value is -0.950. The fourth-order valence-corrected chi connectivity index (χ4v) is 3.55. The van der Waals surface area contributed by atoms with E-state index in [4.69, 9.17) is 17.3 Å². The maximum absolute atomic E-state index is 12.2. The van der Waals surface area contributed by atoms with Gasteiger partial charge in [0.15, 0.2) is 0 Å². The third-order valence-corrected chi connectivity index (χ3v) is 4.79. The van der Waals surface area contributed by atoms with Gasteiger partial charge < -0.3 is 16.4 Å². The topological polar surface area (TPSA) is 84.2 Å². The van der Waals surface area contributed by atoms with Gasteiger partial charge in [0.05, 0.1) is 12.5 Å². The van der Waals surface area contributed by atoms with E-state index in [0.29, 0.717) is 11.4 Å². The summed E-state index contributed by atoms with van der Waals surface area (Å²) in [4.78, 5) is 23.5. The summed E-state index contributed by atoms with van der Waals surface area (Å²) < 4.78 is 0. The van der Waals surface area contributed by atoms with Crippen LogP contribution in [-0.4, -0.2) is 35.9 Å². The average molecular weight is 378 g/mol. The van der Waals surface area contributed by atoms with Crippen LogP contribution in [0.25, 0.3) is 0 Å². The number of hydrogen-bond acceptors (Lipinski definition) is 4. The highest BCUT2D eigenvalue weighted by Crippen LogP contribution is 2.21. The number of hydrogen-bond donors (Lipinski definition) is 3. The van der Waals surface area contributed by atoms with Gasteiger partial charge in [0.2, 0.25) is 11.8 Å². The van der Waals surface area contributed by atoms with Crippen LogP contribution in [0.5, 0.6) is 0 Å². The minimum atomic E-state index is -0.461. The molecule has 8 heteroatoms. The second-order valence-electron chi connectivity index (χ2n) is 5.28. The van der Waals surface area contributed by atoms with Crippen molar-refractivity contribution in [3.8, 4) is 0 Å². The monoisotopic (exact) mass is 377 g/mol. The van der Waals surface area contributed by atoms with E-state index in [1.807, 2.05) is 17.8 Å². The van der Waals surface area contributed by atoms with Gasteiger partial charge >= 0.3 is 0 Å². The smallest absolute Gasteiger partial charge is 0.222 e. The van der Waals surface area contributed by atoms with E-state index in [9.17, 15) is 9.59 Å². The molecule has 1 unspecified atom stereocenters. The van der Waals surface area contributed by atoms with Gasteiger partial charge in [-0.2, -0.15) is 11.8 Å². The van der Waals surface area contributed by atoms with Crippen LogP contribution in [0, 0.1) is 0 Å². The third-order valence-electron chi connectivity index (χ3n) is 3.42. The molecule has 5 nitrogen and oxygen atoms in total. The highest BCUT2D eigenvalue weighted by Gasteiger charge is 2.21. The molecule has 2 atom stereocenters. The van der Waals surface area contributed by atoms with Crippen molar-refractivity contribution in [3.05, 3.63) is 34.9 Å². The Labute approximate surface area is 151 Å². The van der Waals surface area contributed by atoms with Gasteiger partial charge in [-0.15, -0.1) is 12.4 Å². The lowest BCUT2D eigenvalue weighted by molar-refractivity contribution is -0.123. The van der Waals surface area contributed by atoms with Crippen LogP contribution in [0.4, 0.5) is 0 Å². The Morgan fingerprint density at radius 3 is 2.87 bits per heavy atom. The number of primary amides is 1. The fraction of sp³-hybridized carbons (Fsp3) is 0.467. The molecule has 4 N–H and O–H groups in total. The van der Waals surface area contributed by atoms with Crippen molar-refractivity contribution in [3.63, 3.8) is 0 Å². The van der Waals surface area contributed by atoms with Gasteiger partial charge in [-0.05, 0) is 17.7 Å². The van der Waals surface area contributed by atoms with Gasteiger partial charge in [0.1, 0.15) is 0 Å². The molecule has 1 saturated heterocycles. The number of nitrogens with two attached hydrogens (primary N) is 1. The number of carbonyl (C=O) groups is 2. The molecule has 0 saturated carbocycles. The molecule has 128 valence electrons. The minimum Gasteiger partial charge on any atom is -0.370 e. The summed E-state index contributed by atoms with van der Waals surface area (Å²) in [5.41, 5.74) is 6.07. The predicted molar refractivity (Wildman–Crippen MR) is 97.1 cm³/mol. The van der Waals surface area contributed by atoms with Gasteiger partial charge in [0, 0.05) is 35.5 Å². The number of amides is 2. The minimum absolute atomic E-state index is 0. The largest absolute Gasteiger partial charge is 0.370 e. The quantitative estimate of drug-likeness (QED) is 0.706. The second kappa shape index (κ2) is 10.0. The zero-order chi connectivity index (χ0) is 15.9. The Bertz CT molecular complexity index is 539. The molecule has 1 aromatic rings. The predicted octanol–water partition coefficient (Wildman–Crippen LogP) is 1.89. The summed E-state index contributed by atoms with van der Waals surface area (Å²) in [7, 11) is 0. The second-order valence-corrected chi connectivity index (χ2v) is 6.86. The number of carbonyl (C=O) groups excluding carboxylic acids is 2. The van der Waals surface area contributed by atoms with Gasteiger partial charge in [-0.3, -0.25) is 9.59 Å². The molecule has 1 heterocycles. The van der Waals surface area contributed by atoms with Gasteiger partial charge in [-0.25, -0.2) is 0 Å². The molecular weight excluding hydrogens is 357 g/mol. The van der Waals surface area contributed by atoms with Gasteiger partial charge in [-0.1, -0.05) is 23.7 Å². The zero-order valence-electron chi connectivity index (χ0n) is 12.6. The molecular formula is C15H21Cl2N3O2S. The molecule has 2 rings (SSSR count). The van der Waals surface area contributed by atoms with Crippen molar-refractivity contribution in [1.29, 1.82) is 0 Å². The highest BCUT2D eigenvalue weighted by atomic mass is 35.5. The Morgan fingerprint density at radius 2 is 2.26 bits per heavy atom. The number of thioether (sulfide) groups is 1. The molecule has 0 bridgehead atoms. The molecule has 0 spiro atoms.